The highest BCUT2D eigenvalue weighted by Gasteiger charge is 2.20. The first-order valence-electron chi connectivity index (χ1n) is 6.48. The van der Waals surface area contributed by atoms with Crippen LogP contribution in [0.2, 0.25) is 0 Å². The second-order valence-corrected chi connectivity index (χ2v) is 4.94. The number of carbonyl (C=O) groups excluding carboxylic acids is 2. The molecule has 1 amide bonds. The van der Waals surface area contributed by atoms with Crippen LogP contribution >= 0.6 is 0 Å². The van der Waals surface area contributed by atoms with E-state index in [1.54, 1.807) is 0 Å². The van der Waals surface area contributed by atoms with Crippen molar-refractivity contribution in [2.45, 2.75) is 26.8 Å². The lowest BCUT2D eigenvalue weighted by Crippen LogP contribution is -2.45. The summed E-state index contributed by atoms with van der Waals surface area (Å²) in [6.45, 7) is 4.84. The third-order valence-electron chi connectivity index (χ3n) is 2.84. The summed E-state index contributed by atoms with van der Waals surface area (Å²) in [6, 6.07) is 4.87. The molecule has 0 aliphatic rings. The van der Waals surface area contributed by atoms with Crippen LogP contribution in [0.15, 0.2) is 24.3 Å². The van der Waals surface area contributed by atoms with E-state index in [-0.39, 0.29) is 24.0 Å². The van der Waals surface area contributed by atoms with Gasteiger partial charge in [-0.1, -0.05) is 13.8 Å². The summed E-state index contributed by atoms with van der Waals surface area (Å²) < 4.78 is 5.22. The van der Waals surface area contributed by atoms with Crippen molar-refractivity contribution >= 4 is 17.4 Å². The van der Waals surface area contributed by atoms with E-state index in [0.29, 0.717) is 5.75 Å². The smallest absolute Gasteiger partial charge is 0.269 e. The van der Waals surface area contributed by atoms with E-state index in [1.807, 2.05) is 13.8 Å². The summed E-state index contributed by atoms with van der Waals surface area (Å²) in [6.07, 6.45) is 0. The fraction of sp³-hybridized carbons (Fsp3) is 0.429. The number of ether oxygens (including phenoxy) is 1. The first kappa shape index (κ1) is 16.6. The molecule has 0 spiro atoms. The van der Waals surface area contributed by atoms with Gasteiger partial charge in [0.25, 0.3) is 11.6 Å². The molecule has 21 heavy (non-hydrogen) atoms. The van der Waals surface area contributed by atoms with Gasteiger partial charge in [-0.25, -0.2) is 0 Å². The summed E-state index contributed by atoms with van der Waals surface area (Å²) in [7, 11) is 0. The average Bonchev–Trinajstić information content (AvgIpc) is 2.42. The van der Waals surface area contributed by atoms with E-state index >= 15 is 0 Å². The van der Waals surface area contributed by atoms with Gasteiger partial charge in [0, 0.05) is 12.1 Å². The number of nitro groups is 1. The van der Waals surface area contributed by atoms with E-state index in [4.69, 9.17) is 4.74 Å². The molecule has 0 saturated heterocycles. The Morgan fingerprint density at radius 2 is 1.86 bits per heavy atom. The maximum absolute atomic E-state index is 11.7. The summed E-state index contributed by atoms with van der Waals surface area (Å²) in [5.41, 5.74) is -0.0525. The lowest BCUT2D eigenvalue weighted by atomic mass is 10.0. The number of benzene rings is 1. The van der Waals surface area contributed by atoms with Gasteiger partial charge in [0.15, 0.2) is 12.4 Å². The number of non-ortho nitro benzene ring substituents is 1. The predicted octanol–water partition coefficient (Wildman–Crippen LogP) is 1.70. The first-order chi connectivity index (χ1) is 9.81. The van der Waals surface area contributed by atoms with Gasteiger partial charge >= 0.3 is 0 Å². The standard InChI is InChI=1S/C14H18N2O5/c1-9(2)14(10(3)17)15-13(18)8-21-12-6-4-11(5-7-12)16(19)20/h4-7,9,14H,8H2,1-3H3,(H,15,18). The molecule has 0 aliphatic heterocycles. The summed E-state index contributed by atoms with van der Waals surface area (Å²) in [5, 5.41) is 13.1. The Hall–Kier alpha value is -2.44. The quantitative estimate of drug-likeness (QED) is 0.609. The van der Waals surface area contributed by atoms with Crippen molar-refractivity contribution in [2.24, 2.45) is 5.92 Å². The normalized spacial score (nSPS) is 11.8. The number of Topliss-reactive ketones (excluding diaryl/α,β-unsaturated/α-hetero) is 1. The van der Waals surface area contributed by atoms with Crippen molar-refractivity contribution in [1.29, 1.82) is 0 Å². The highest BCUT2D eigenvalue weighted by atomic mass is 16.6. The summed E-state index contributed by atoms with van der Waals surface area (Å²) in [4.78, 5) is 33.1. The van der Waals surface area contributed by atoms with Crippen molar-refractivity contribution in [2.75, 3.05) is 6.61 Å². The molecule has 1 aromatic rings. The number of amides is 1. The highest BCUT2D eigenvalue weighted by molar-refractivity contribution is 5.88. The zero-order valence-corrected chi connectivity index (χ0v) is 12.2. The Balaban J connectivity index is 2.52. The molecule has 1 N–H and O–H groups in total. The SMILES string of the molecule is CC(=O)C(NC(=O)COc1ccc([N+](=O)[O-])cc1)C(C)C. The Labute approximate surface area is 122 Å². The van der Waals surface area contributed by atoms with Gasteiger partial charge in [-0.15, -0.1) is 0 Å². The van der Waals surface area contributed by atoms with Gasteiger partial charge in [0.2, 0.25) is 0 Å². The molecule has 1 atom stereocenters. The van der Waals surface area contributed by atoms with E-state index in [0.717, 1.165) is 0 Å². The number of ketones is 1. The fourth-order valence-corrected chi connectivity index (χ4v) is 1.77. The third kappa shape index (κ3) is 5.21. The Bertz CT molecular complexity index is 525. The second-order valence-electron chi connectivity index (χ2n) is 4.94. The van der Waals surface area contributed by atoms with Crippen LogP contribution in [0.4, 0.5) is 5.69 Å². The monoisotopic (exact) mass is 294 g/mol. The molecule has 0 heterocycles. The second kappa shape index (κ2) is 7.37. The van der Waals surface area contributed by atoms with Gasteiger partial charge in [0.1, 0.15) is 5.75 Å². The molecular formula is C14H18N2O5. The number of nitrogens with zero attached hydrogens (tertiary/aromatic N) is 1. The minimum Gasteiger partial charge on any atom is -0.484 e. The van der Waals surface area contributed by atoms with Gasteiger partial charge in [0.05, 0.1) is 11.0 Å². The Morgan fingerprint density at radius 3 is 2.29 bits per heavy atom. The number of hydrogen-bond acceptors (Lipinski definition) is 5. The Morgan fingerprint density at radius 1 is 1.29 bits per heavy atom. The molecule has 0 saturated carbocycles. The van der Waals surface area contributed by atoms with Crippen LogP contribution in [0.5, 0.6) is 5.75 Å². The molecule has 1 rings (SSSR count). The minimum absolute atomic E-state index is 0.00850. The molecule has 0 radical (unpaired) electrons. The van der Waals surface area contributed by atoms with Crippen LogP contribution in [0.3, 0.4) is 0 Å². The zero-order chi connectivity index (χ0) is 16.0. The number of nitrogens with one attached hydrogen (secondary N) is 1. The molecule has 0 aliphatic carbocycles. The van der Waals surface area contributed by atoms with Gasteiger partial charge in [-0.2, -0.15) is 0 Å². The zero-order valence-electron chi connectivity index (χ0n) is 12.2. The maximum atomic E-state index is 11.7. The van der Waals surface area contributed by atoms with Crippen molar-refractivity contribution in [1.82, 2.24) is 5.32 Å². The maximum Gasteiger partial charge on any atom is 0.269 e. The van der Waals surface area contributed by atoms with Crippen molar-refractivity contribution in [3.63, 3.8) is 0 Å². The molecule has 0 fully saturated rings. The number of nitro benzene ring substituents is 1. The fourth-order valence-electron chi connectivity index (χ4n) is 1.77. The summed E-state index contributed by atoms with van der Waals surface area (Å²) >= 11 is 0. The molecule has 7 nitrogen and oxygen atoms in total. The van der Waals surface area contributed by atoms with Crippen molar-refractivity contribution in [3.8, 4) is 5.75 Å². The van der Waals surface area contributed by atoms with E-state index in [1.165, 1.54) is 31.2 Å². The number of rotatable bonds is 7. The molecule has 114 valence electrons. The van der Waals surface area contributed by atoms with Gasteiger partial charge < -0.3 is 10.1 Å². The lowest BCUT2D eigenvalue weighted by Gasteiger charge is -2.19. The number of hydrogen-bond donors (Lipinski definition) is 1. The van der Waals surface area contributed by atoms with Crippen LogP contribution < -0.4 is 10.1 Å². The Kier molecular flexibility index (Phi) is 5.83. The highest BCUT2D eigenvalue weighted by Crippen LogP contribution is 2.17. The van der Waals surface area contributed by atoms with E-state index in [9.17, 15) is 19.7 Å². The van der Waals surface area contributed by atoms with Crippen LogP contribution in [0, 0.1) is 16.0 Å². The molecule has 1 aromatic carbocycles. The first-order valence-corrected chi connectivity index (χ1v) is 6.48. The topological polar surface area (TPSA) is 98.5 Å². The van der Waals surface area contributed by atoms with Crippen molar-refractivity contribution in [3.05, 3.63) is 34.4 Å². The van der Waals surface area contributed by atoms with Crippen molar-refractivity contribution < 1.29 is 19.2 Å². The molecule has 0 bridgehead atoms. The van der Waals surface area contributed by atoms with E-state index in [2.05, 4.69) is 5.32 Å². The predicted molar refractivity (Wildman–Crippen MR) is 76.0 cm³/mol. The largest absolute Gasteiger partial charge is 0.484 e. The molecule has 7 heteroatoms. The van der Waals surface area contributed by atoms with Gasteiger partial charge in [-0.05, 0) is 25.0 Å². The molecule has 0 aromatic heterocycles. The van der Waals surface area contributed by atoms with Crippen LogP contribution in [-0.2, 0) is 9.59 Å². The minimum atomic E-state index is -0.544. The summed E-state index contributed by atoms with van der Waals surface area (Å²) in [5.74, 6) is -0.193. The molecular weight excluding hydrogens is 276 g/mol. The number of carbonyl (C=O) groups is 2. The van der Waals surface area contributed by atoms with E-state index < -0.39 is 16.9 Å². The third-order valence-corrected chi connectivity index (χ3v) is 2.84. The van der Waals surface area contributed by atoms with Crippen LogP contribution in [0.25, 0.3) is 0 Å². The van der Waals surface area contributed by atoms with Gasteiger partial charge in [-0.3, -0.25) is 19.7 Å². The lowest BCUT2D eigenvalue weighted by molar-refractivity contribution is -0.384. The van der Waals surface area contributed by atoms with Crippen LogP contribution in [-0.4, -0.2) is 29.3 Å². The molecule has 1 unspecified atom stereocenters. The van der Waals surface area contributed by atoms with Crippen LogP contribution in [0.1, 0.15) is 20.8 Å². The average molecular weight is 294 g/mol.